The van der Waals surface area contributed by atoms with Gasteiger partial charge in [0, 0.05) is 16.4 Å². The third-order valence-corrected chi connectivity index (χ3v) is 13.5. The van der Waals surface area contributed by atoms with Gasteiger partial charge in [0.15, 0.2) is 5.60 Å². The third kappa shape index (κ3) is 5.32. The monoisotopic (exact) mass is 642 g/mol. The second kappa shape index (κ2) is 10.4. The topological polar surface area (TPSA) is 85.2 Å². The van der Waals surface area contributed by atoms with Gasteiger partial charge in [0.1, 0.15) is 11.2 Å². The lowest BCUT2D eigenvalue weighted by Gasteiger charge is -2.73. The Hall–Kier alpha value is -1.16. The quantitative estimate of drug-likeness (QED) is 0.185. The molecule has 0 aromatic rings. The fourth-order valence-corrected chi connectivity index (χ4v) is 10.7. The number of carbonyl (C=O) groups excluding carboxylic acids is 1. The van der Waals surface area contributed by atoms with Gasteiger partial charge >= 0.3 is 12.1 Å². The lowest BCUT2D eigenvalue weighted by atomic mass is 9.36. The Morgan fingerprint density at radius 1 is 0.733 bits per heavy atom. The summed E-state index contributed by atoms with van der Waals surface area (Å²) in [5, 5.41) is 22.2. The van der Waals surface area contributed by atoms with Gasteiger partial charge in [0.05, 0.1) is 22.4 Å². The summed E-state index contributed by atoms with van der Waals surface area (Å²) in [5.74, 6) is -0.278. The fraction of sp³-hybridized carbons (Fsp3) is 0.917. The molecule has 0 aromatic heterocycles. The number of hydrogen-bond acceptors (Lipinski definition) is 6. The van der Waals surface area contributed by atoms with Crippen LogP contribution in [-0.2, 0) is 19.0 Å². The van der Waals surface area contributed by atoms with Crippen molar-refractivity contribution in [3.63, 3.8) is 0 Å². The van der Waals surface area contributed by atoms with Gasteiger partial charge in [0.2, 0.25) is 0 Å². The maximum Gasteiger partial charge on any atom is 0.419 e. The number of hydrogen-bond donors (Lipinski definition) is 2. The summed E-state index contributed by atoms with van der Waals surface area (Å²) in [6, 6.07) is 0. The zero-order chi connectivity index (χ0) is 33.8. The van der Waals surface area contributed by atoms with Crippen LogP contribution in [0.5, 0.6) is 0 Å². The van der Waals surface area contributed by atoms with Crippen LogP contribution in [0, 0.1) is 16.7 Å². The summed E-state index contributed by atoms with van der Waals surface area (Å²) >= 11 is 0. The van der Waals surface area contributed by atoms with Gasteiger partial charge in [-0.2, -0.15) is 13.2 Å². The van der Waals surface area contributed by atoms with E-state index in [9.17, 15) is 28.2 Å². The van der Waals surface area contributed by atoms with E-state index in [1.54, 1.807) is 20.8 Å². The minimum atomic E-state index is -4.89. The summed E-state index contributed by atoms with van der Waals surface area (Å²) in [6.45, 7) is 16.4. The lowest BCUT2D eigenvalue weighted by Crippen LogP contribution is -2.74. The lowest BCUT2D eigenvalue weighted by molar-refractivity contribution is -0.365. The highest BCUT2D eigenvalue weighted by molar-refractivity contribution is 5.87. The van der Waals surface area contributed by atoms with Crippen LogP contribution in [0.4, 0.5) is 13.2 Å². The summed E-state index contributed by atoms with van der Waals surface area (Å²) < 4.78 is 63.5. The van der Waals surface area contributed by atoms with Crippen molar-refractivity contribution in [3.05, 3.63) is 12.2 Å². The molecule has 45 heavy (non-hydrogen) atoms. The molecule has 0 amide bonds. The van der Waals surface area contributed by atoms with Crippen LogP contribution in [0.1, 0.15) is 145 Å². The smallest absolute Gasteiger partial charge is 0.419 e. The van der Waals surface area contributed by atoms with Crippen LogP contribution in [0.25, 0.3) is 0 Å². The van der Waals surface area contributed by atoms with Gasteiger partial charge in [-0.1, -0.05) is 32.3 Å². The number of carbonyl (C=O) groups is 1. The highest BCUT2D eigenvalue weighted by atomic mass is 19.4. The minimum absolute atomic E-state index is 0.165. The third-order valence-electron chi connectivity index (χ3n) is 13.5. The Morgan fingerprint density at radius 2 is 1.16 bits per heavy atom. The molecule has 0 saturated heterocycles. The molecular weight excluding hydrogens is 585 g/mol. The van der Waals surface area contributed by atoms with Gasteiger partial charge in [-0.15, -0.1) is 0 Å². The summed E-state index contributed by atoms with van der Waals surface area (Å²) in [4.78, 5) is 13.3. The molecule has 0 radical (unpaired) electrons. The number of aliphatic hydroxyl groups is 2. The minimum Gasteiger partial charge on any atom is -0.456 e. The van der Waals surface area contributed by atoms with Crippen molar-refractivity contribution in [2.75, 3.05) is 0 Å². The Morgan fingerprint density at radius 3 is 1.53 bits per heavy atom. The standard InChI is InChI=1S/C36H57F3O6/c1-24(2)26(40)43-33-20-25-18-31(22-33,34(14-10-11-15-34)44-28(5,6)27(3,4)41)21-32(19-25,23-33)35(16-12-13-17-35)45-29(7,8)30(9,42)36(37,38)39/h25,41-42H,1,10-23H2,2-9H3. The molecule has 5 unspecified atom stereocenters. The molecule has 6 aliphatic rings. The zero-order valence-corrected chi connectivity index (χ0v) is 28.8. The average Bonchev–Trinajstić information content (AvgIpc) is 3.52. The highest BCUT2D eigenvalue weighted by Crippen LogP contribution is 2.77. The van der Waals surface area contributed by atoms with Crippen molar-refractivity contribution in [2.45, 2.75) is 191 Å². The first kappa shape index (κ1) is 35.2. The number of halogens is 3. The number of ether oxygens (including phenoxy) is 3. The molecule has 258 valence electrons. The van der Waals surface area contributed by atoms with E-state index in [2.05, 4.69) is 6.58 Å². The molecule has 0 heterocycles. The van der Waals surface area contributed by atoms with Crippen LogP contribution >= 0.6 is 0 Å². The average molecular weight is 643 g/mol. The van der Waals surface area contributed by atoms with Gasteiger partial charge in [0.25, 0.3) is 0 Å². The summed E-state index contributed by atoms with van der Waals surface area (Å²) in [7, 11) is 0. The molecule has 6 aliphatic carbocycles. The first-order chi connectivity index (χ1) is 20.3. The second-order valence-corrected chi connectivity index (χ2v) is 17.7. The number of esters is 1. The Bertz CT molecular complexity index is 1190. The van der Waals surface area contributed by atoms with Crippen LogP contribution in [0.2, 0.25) is 0 Å². The molecule has 4 bridgehead atoms. The van der Waals surface area contributed by atoms with Crippen LogP contribution in [-0.4, -0.2) is 61.6 Å². The van der Waals surface area contributed by atoms with Crippen molar-refractivity contribution in [3.8, 4) is 0 Å². The van der Waals surface area contributed by atoms with E-state index in [4.69, 9.17) is 14.2 Å². The van der Waals surface area contributed by atoms with E-state index in [-0.39, 0.29) is 5.92 Å². The second-order valence-electron chi connectivity index (χ2n) is 17.7. The predicted octanol–water partition coefficient (Wildman–Crippen LogP) is 8.12. The molecule has 0 spiro atoms. The van der Waals surface area contributed by atoms with E-state index in [0.29, 0.717) is 44.1 Å². The van der Waals surface area contributed by atoms with Gasteiger partial charge in [-0.25, -0.2) is 4.79 Å². The van der Waals surface area contributed by atoms with Crippen molar-refractivity contribution in [1.29, 1.82) is 0 Å². The maximum absolute atomic E-state index is 14.3. The van der Waals surface area contributed by atoms with Gasteiger partial charge in [-0.05, 0) is 126 Å². The molecule has 2 N–H and O–H groups in total. The first-order valence-corrected chi connectivity index (χ1v) is 17.1. The molecule has 5 atom stereocenters. The molecular formula is C36H57F3O6. The zero-order valence-electron chi connectivity index (χ0n) is 28.8. The number of alkyl halides is 3. The molecule has 6 fully saturated rings. The van der Waals surface area contributed by atoms with E-state index in [1.807, 2.05) is 13.8 Å². The van der Waals surface area contributed by atoms with Crippen molar-refractivity contribution in [1.82, 2.24) is 0 Å². The molecule has 6 nitrogen and oxygen atoms in total. The van der Waals surface area contributed by atoms with Crippen molar-refractivity contribution >= 4 is 5.97 Å². The van der Waals surface area contributed by atoms with Crippen molar-refractivity contribution < 1.29 is 42.4 Å². The molecule has 0 aliphatic heterocycles. The molecule has 6 saturated carbocycles. The van der Waals surface area contributed by atoms with E-state index in [1.165, 1.54) is 13.8 Å². The number of rotatable bonds is 10. The fourth-order valence-electron chi connectivity index (χ4n) is 10.7. The summed E-state index contributed by atoms with van der Waals surface area (Å²) in [6.07, 6.45) is 5.63. The Kier molecular flexibility index (Phi) is 8.14. The Balaban J connectivity index is 1.67. The van der Waals surface area contributed by atoms with Crippen LogP contribution in [0.15, 0.2) is 12.2 Å². The van der Waals surface area contributed by atoms with E-state index < -0.39 is 62.2 Å². The Labute approximate surface area is 267 Å². The molecule has 6 rings (SSSR count). The highest BCUT2D eigenvalue weighted by Gasteiger charge is 2.76. The largest absolute Gasteiger partial charge is 0.456 e. The predicted molar refractivity (Wildman–Crippen MR) is 165 cm³/mol. The van der Waals surface area contributed by atoms with E-state index in [0.717, 1.165) is 58.3 Å². The van der Waals surface area contributed by atoms with Crippen LogP contribution < -0.4 is 0 Å². The van der Waals surface area contributed by atoms with Crippen LogP contribution in [0.3, 0.4) is 0 Å². The van der Waals surface area contributed by atoms with Crippen molar-refractivity contribution in [2.24, 2.45) is 16.7 Å². The maximum atomic E-state index is 14.3. The van der Waals surface area contributed by atoms with Gasteiger partial charge in [-0.3, -0.25) is 0 Å². The summed E-state index contributed by atoms with van der Waals surface area (Å²) in [5.41, 5.74) is -10.1. The SMILES string of the molecule is C=C(C)C(=O)OC12CC3CC(C4(OC(C)(C)C(C)(C)O)CCCC4)(C1)CC(C1(OC(C)(C)C(C)(O)C(F)(F)F)CCCC1)(C3)C2. The molecule has 0 aromatic carbocycles. The molecule has 9 heteroatoms. The first-order valence-electron chi connectivity index (χ1n) is 17.1. The van der Waals surface area contributed by atoms with Gasteiger partial charge < -0.3 is 24.4 Å². The van der Waals surface area contributed by atoms with E-state index >= 15 is 0 Å². The normalized spacial score (nSPS) is 35.8.